The maximum atomic E-state index is 11.5. The van der Waals surface area contributed by atoms with E-state index in [1.54, 1.807) is 16.8 Å². The molecule has 2 rings (SSSR count). The van der Waals surface area contributed by atoms with Crippen LogP contribution in [-0.2, 0) is 0 Å². The van der Waals surface area contributed by atoms with Gasteiger partial charge in [-0.25, -0.2) is 0 Å². The molecule has 2 aromatic rings. The van der Waals surface area contributed by atoms with Crippen LogP contribution in [0.3, 0.4) is 0 Å². The molecule has 0 aliphatic rings. The van der Waals surface area contributed by atoms with Crippen molar-refractivity contribution in [3.8, 4) is 5.69 Å². The number of anilines is 1. The second-order valence-corrected chi connectivity index (χ2v) is 3.45. The maximum Gasteiger partial charge on any atom is 0.255 e. The number of nitrogens with zero attached hydrogens (tertiary/aromatic N) is 1. The van der Waals surface area contributed by atoms with E-state index in [0.29, 0.717) is 0 Å². The lowest BCUT2D eigenvalue weighted by atomic mass is 10.2. The maximum absolute atomic E-state index is 11.5. The molecule has 3 heteroatoms. The predicted octanol–water partition coefficient (Wildman–Crippen LogP) is 1.73. The molecule has 2 N–H and O–H groups in total. The Kier molecular flexibility index (Phi) is 2.29. The molecule has 0 saturated heterocycles. The highest BCUT2D eigenvalue weighted by atomic mass is 16.1. The first kappa shape index (κ1) is 9.52. The average Bonchev–Trinajstić information content (AvgIpc) is 2.23. The summed E-state index contributed by atoms with van der Waals surface area (Å²) in [6.07, 6.45) is 1.74. The van der Waals surface area contributed by atoms with Gasteiger partial charge in [-0.3, -0.25) is 9.36 Å². The van der Waals surface area contributed by atoms with E-state index in [4.69, 9.17) is 5.73 Å². The van der Waals surface area contributed by atoms with Gasteiger partial charge in [-0.05, 0) is 36.8 Å². The van der Waals surface area contributed by atoms with Gasteiger partial charge < -0.3 is 5.73 Å². The standard InChI is InChI=1S/C12H12N2O/c1-9-8-10(5-6-11(9)13)14-7-3-2-4-12(14)15/h2-8H,13H2,1H3. The average molecular weight is 200 g/mol. The number of aromatic nitrogens is 1. The fourth-order valence-electron chi connectivity index (χ4n) is 1.45. The van der Waals surface area contributed by atoms with Gasteiger partial charge in [-0.2, -0.15) is 0 Å². The smallest absolute Gasteiger partial charge is 0.255 e. The van der Waals surface area contributed by atoms with Crippen molar-refractivity contribution in [3.63, 3.8) is 0 Å². The molecule has 0 radical (unpaired) electrons. The lowest BCUT2D eigenvalue weighted by Gasteiger charge is -2.07. The van der Waals surface area contributed by atoms with Crippen LogP contribution in [0.4, 0.5) is 5.69 Å². The van der Waals surface area contributed by atoms with Crippen LogP contribution in [0.25, 0.3) is 5.69 Å². The van der Waals surface area contributed by atoms with E-state index >= 15 is 0 Å². The van der Waals surface area contributed by atoms with Crippen molar-refractivity contribution >= 4 is 5.69 Å². The van der Waals surface area contributed by atoms with Crippen molar-refractivity contribution in [2.45, 2.75) is 6.92 Å². The summed E-state index contributed by atoms with van der Waals surface area (Å²) < 4.78 is 1.59. The van der Waals surface area contributed by atoms with E-state index in [1.807, 2.05) is 31.2 Å². The molecular weight excluding hydrogens is 188 g/mol. The Hall–Kier alpha value is -2.03. The van der Waals surface area contributed by atoms with Gasteiger partial charge in [-0.15, -0.1) is 0 Å². The summed E-state index contributed by atoms with van der Waals surface area (Å²) in [6, 6.07) is 10.6. The number of benzene rings is 1. The van der Waals surface area contributed by atoms with Crippen LogP contribution < -0.4 is 11.3 Å². The molecule has 0 unspecified atom stereocenters. The molecular formula is C12H12N2O. The SMILES string of the molecule is Cc1cc(-n2ccccc2=O)ccc1N. The predicted molar refractivity (Wildman–Crippen MR) is 61.2 cm³/mol. The molecule has 1 aromatic heterocycles. The van der Waals surface area contributed by atoms with Gasteiger partial charge in [0.05, 0.1) is 0 Å². The third kappa shape index (κ3) is 1.76. The Balaban J connectivity index is 2.60. The number of nitrogen functional groups attached to an aromatic ring is 1. The number of rotatable bonds is 1. The lowest BCUT2D eigenvalue weighted by Crippen LogP contribution is -2.15. The Labute approximate surface area is 87.8 Å². The fourth-order valence-corrected chi connectivity index (χ4v) is 1.45. The van der Waals surface area contributed by atoms with Gasteiger partial charge in [0.1, 0.15) is 0 Å². The summed E-state index contributed by atoms with van der Waals surface area (Å²) in [5, 5.41) is 0. The number of pyridine rings is 1. The van der Waals surface area contributed by atoms with Crippen molar-refractivity contribution in [1.29, 1.82) is 0 Å². The van der Waals surface area contributed by atoms with E-state index in [1.165, 1.54) is 6.07 Å². The third-order valence-corrected chi connectivity index (χ3v) is 2.35. The lowest BCUT2D eigenvalue weighted by molar-refractivity contribution is 0.988. The van der Waals surface area contributed by atoms with Crippen LogP contribution in [0.5, 0.6) is 0 Å². The van der Waals surface area contributed by atoms with Gasteiger partial charge in [0.25, 0.3) is 5.56 Å². The molecule has 0 amide bonds. The van der Waals surface area contributed by atoms with Crippen molar-refractivity contribution in [2.75, 3.05) is 5.73 Å². The van der Waals surface area contributed by atoms with E-state index in [2.05, 4.69) is 0 Å². The monoisotopic (exact) mass is 200 g/mol. The topological polar surface area (TPSA) is 48.0 Å². The van der Waals surface area contributed by atoms with Gasteiger partial charge in [0, 0.05) is 23.6 Å². The molecule has 0 aliphatic carbocycles. The summed E-state index contributed by atoms with van der Waals surface area (Å²) in [6.45, 7) is 1.92. The summed E-state index contributed by atoms with van der Waals surface area (Å²) in [4.78, 5) is 11.5. The van der Waals surface area contributed by atoms with Gasteiger partial charge in [0.2, 0.25) is 0 Å². The van der Waals surface area contributed by atoms with Crippen LogP contribution in [0.2, 0.25) is 0 Å². The molecule has 1 heterocycles. The Bertz CT molecular complexity index is 543. The molecule has 15 heavy (non-hydrogen) atoms. The highest BCUT2D eigenvalue weighted by molar-refractivity contribution is 5.51. The van der Waals surface area contributed by atoms with E-state index in [9.17, 15) is 4.79 Å². The molecule has 3 nitrogen and oxygen atoms in total. The first-order valence-electron chi connectivity index (χ1n) is 4.72. The zero-order chi connectivity index (χ0) is 10.8. The van der Waals surface area contributed by atoms with E-state index in [-0.39, 0.29) is 5.56 Å². The van der Waals surface area contributed by atoms with E-state index in [0.717, 1.165) is 16.9 Å². The molecule has 0 atom stereocenters. The largest absolute Gasteiger partial charge is 0.399 e. The van der Waals surface area contributed by atoms with Crippen molar-refractivity contribution in [1.82, 2.24) is 4.57 Å². The summed E-state index contributed by atoms with van der Waals surface area (Å²) in [5.74, 6) is 0. The van der Waals surface area contributed by atoms with Gasteiger partial charge >= 0.3 is 0 Å². The van der Waals surface area contributed by atoms with Crippen LogP contribution in [0, 0.1) is 6.92 Å². The van der Waals surface area contributed by atoms with Crippen LogP contribution in [0.15, 0.2) is 47.4 Å². The van der Waals surface area contributed by atoms with Gasteiger partial charge in [0.15, 0.2) is 0 Å². The molecule has 0 spiro atoms. The van der Waals surface area contributed by atoms with Crippen molar-refractivity contribution < 1.29 is 0 Å². The number of hydrogen-bond acceptors (Lipinski definition) is 2. The zero-order valence-electron chi connectivity index (χ0n) is 8.47. The minimum Gasteiger partial charge on any atom is -0.399 e. The summed E-state index contributed by atoms with van der Waals surface area (Å²) >= 11 is 0. The number of aryl methyl sites for hydroxylation is 1. The fraction of sp³-hybridized carbons (Fsp3) is 0.0833. The van der Waals surface area contributed by atoms with Crippen molar-refractivity contribution in [3.05, 3.63) is 58.5 Å². The Morgan fingerprint density at radius 3 is 2.67 bits per heavy atom. The highest BCUT2D eigenvalue weighted by Crippen LogP contribution is 2.14. The Morgan fingerprint density at radius 1 is 1.20 bits per heavy atom. The first-order chi connectivity index (χ1) is 7.18. The second-order valence-electron chi connectivity index (χ2n) is 3.45. The van der Waals surface area contributed by atoms with Crippen LogP contribution >= 0.6 is 0 Å². The normalized spacial score (nSPS) is 10.2. The number of nitrogens with two attached hydrogens (primary N) is 1. The second kappa shape index (κ2) is 3.61. The Morgan fingerprint density at radius 2 is 2.00 bits per heavy atom. The molecule has 0 saturated carbocycles. The zero-order valence-corrected chi connectivity index (χ0v) is 8.47. The highest BCUT2D eigenvalue weighted by Gasteiger charge is 1.99. The van der Waals surface area contributed by atoms with Crippen LogP contribution in [0.1, 0.15) is 5.56 Å². The minimum atomic E-state index is -0.0401. The molecule has 1 aromatic carbocycles. The molecule has 0 aliphatic heterocycles. The first-order valence-corrected chi connectivity index (χ1v) is 4.72. The molecule has 0 bridgehead atoms. The molecule has 0 fully saturated rings. The summed E-state index contributed by atoms with van der Waals surface area (Å²) in [5.41, 5.74) is 8.23. The quantitative estimate of drug-likeness (QED) is 0.712. The van der Waals surface area contributed by atoms with Gasteiger partial charge in [-0.1, -0.05) is 6.07 Å². The molecule has 76 valence electrons. The van der Waals surface area contributed by atoms with E-state index < -0.39 is 0 Å². The van der Waals surface area contributed by atoms with Crippen LogP contribution in [-0.4, -0.2) is 4.57 Å². The number of hydrogen-bond donors (Lipinski definition) is 1. The third-order valence-electron chi connectivity index (χ3n) is 2.35. The van der Waals surface area contributed by atoms with Crippen molar-refractivity contribution in [2.24, 2.45) is 0 Å². The summed E-state index contributed by atoms with van der Waals surface area (Å²) in [7, 11) is 0. The minimum absolute atomic E-state index is 0.0401.